The van der Waals surface area contributed by atoms with Crippen LogP contribution in [0.15, 0.2) is 0 Å². The fourth-order valence-corrected chi connectivity index (χ4v) is 1.35. The topological polar surface area (TPSA) is 29.5 Å². The molecule has 0 spiro atoms. The maximum atomic E-state index is 10.8. The molecule has 0 unspecified atom stereocenters. The minimum Gasteiger partial charge on any atom is -0.449 e. The SMILES string of the molecule is CCC(=O)OCN1CCCCC1. The molecule has 0 saturated carbocycles. The number of hydrogen-bond donors (Lipinski definition) is 0. The van der Waals surface area contributed by atoms with Crippen LogP contribution in [0.4, 0.5) is 0 Å². The summed E-state index contributed by atoms with van der Waals surface area (Å²) in [6, 6.07) is 0. The fraction of sp³-hybridized carbons (Fsp3) is 0.889. The van der Waals surface area contributed by atoms with E-state index in [0.29, 0.717) is 13.2 Å². The third-order valence-electron chi connectivity index (χ3n) is 2.15. The lowest BCUT2D eigenvalue weighted by Crippen LogP contribution is -2.32. The molecule has 1 aliphatic rings. The highest BCUT2D eigenvalue weighted by atomic mass is 16.5. The molecule has 1 saturated heterocycles. The molecule has 70 valence electrons. The van der Waals surface area contributed by atoms with Crippen LogP contribution >= 0.6 is 0 Å². The molecule has 3 heteroatoms. The summed E-state index contributed by atoms with van der Waals surface area (Å²) >= 11 is 0. The minimum absolute atomic E-state index is 0.0967. The molecule has 0 aromatic heterocycles. The number of likely N-dealkylation sites (tertiary alicyclic amines) is 1. The first-order chi connectivity index (χ1) is 5.83. The molecule has 0 bridgehead atoms. The highest BCUT2D eigenvalue weighted by molar-refractivity contribution is 5.68. The van der Waals surface area contributed by atoms with Crippen LogP contribution in [-0.4, -0.2) is 30.7 Å². The lowest BCUT2D eigenvalue weighted by Gasteiger charge is -2.25. The van der Waals surface area contributed by atoms with Gasteiger partial charge in [0.05, 0.1) is 0 Å². The van der Waals surface area contributed by atoms with Gasteiger partial charge in [-0.2, -0.15) is 0 Å². The summed E-state index contributed by atoms with van der Waals surface area (Å²) in [6.45, 7) is 4.47. The summed E-state index contributed by atoms with van der Waals surface area (Å²) in [6.07, 6.45) is 4.28. The van der Waals surface area contributed by atoms with Gasteiger partial charge >= 0.3 is 5.97 Å². The maximum Gasteiger partial charge on any atom is 0.306 e. The van der Waals surface area contributed by atoms with Crippen LogP contribution in [0.25, 0.3) is 0 Å². The highest BCUT2D eigenvalue weighted by Crippen LogP contribution is 2.07. The molecule has 1 heterocycles. The van der Waals surface area contributed by atoms with Crippen molar-refractivity contribution < 1.29 is 9.53 Å². The summed E-state index contributed by atoms with van der Waals surface area (Å²) in [5.41, 5.74) is 0. The predicted molar refractivity (Wildman–Crippen MR) is 46.7 cm³/mol. The molecule has 0 N–H and O–H groups in total. The predicted octanol–water partition coefficient (Wildman–Crippen LogP) is 1.38. The van der Waals surface area contributed by atoms with Gasteiger partial charge < -0.3 is 4.74 Å². The van der Waals surface area contributed by atoms with Crippen molar-refractivity contribution in [3.05, 3.63) is 0 Å². The first kappa shape index (κ1) is 9.52. The standard InChI is InChI=1S/C9H17NO2/c1-2-9(11)12-8-10-6-4-3-5-7-10/h2-8H2,1H3. The molecule has 0 atom stereocenters. The molecule has 0 radical (unpaired) electrons. The summed E-state index contributed by atoms with van der Waals surface area (Å²) in [5, 5.41) is 0. The summed E-state index contributed by atoms with van der Waals surface area (Å²) in [7, 11) is 0. The van der Waals surface area contributed by atoms with E-state index in [4.69, 9.17) is 4.74 Å². The van der Waals surface area contributed by atoms with Crippen LogP contribution in [-0.2, 0) is 9.53 Å². The lowest BCUT2D eigenvalue weighted by molar-refractivity contribution is -0.148. The second-order valence-corrected chi connectivity index (χ2v) is 3.18. The van der Waals surface area contributed by atoms with Gasteiger partial charge in [0.2, 0.25) is 0 Å². The van der Waals surface area contributed by atoms with Gasteiger partial charge in [0.25, 0.3) is 0 Å². The van der Waals surface area contributed by atoms with Crippen molar-refractivity contribution >= 4 is 5.97 Å². The van der Waals surface area contributed by atoms with Gasteiger partial charge in [-0.25, -0.2) is 0 Å². The van der Waals surface area contributed by atoms with Gasteiger partial charge in [-0.3, -0.25) is 9.69 Å². The zero-order valence-corrected chi connectivity index (χ0v) is 7.71. The third kappa shape index (κ3) is 3.22. The summed E-state index contributed by atoms with van der Waals surface area (Å²) in [4.78, 5) is 13.0. The molecule has 1 fully saturated rings. The Morgan fingerprint density at radius 3 is 2.58 bits per heavy atom. The number of esters is 1. The first-order valence-corrected chi connectivity index (χ1v) is 4.71. The molecular weight excluding hydrogens is 154 g/mol. The monoisotopic (exact) mass is 171 g/mol. The van der Waals surface area contributed by atoms with Crippen LogP contribution in [0.2, 0.25) is 0 Å². The summed E-state index contributed by atoms with van der Waals surface area (Å²) < 4.78 is 5.02. The highest BCUT2D eigenvalue weighted by Gasteiger charge is 2.10. The Hall–Kier alpha value is -0.570. The maximum absolute atomic E-state index is 10.8. The Kier molecular flexibility index (Phi) is 4.08. The number of rotatable bonds is 3. The number of piperidine rings is 1. The van der Waals surface area contributed by atoms with Crippen LogP contribution in [0.5, 0.6) is 0 Å². The fourth-order valence-electron chi connectivity index (χ4n) is 1.35. The van der Waals surface area contributed by atoms with Gasteiger partial charge in [0.1, 0.15) is 6.73 Å². The quantitative estimate of drug-likeness (QED) is 0.601. The van der Waals surface area contributed by atoms with Gasteiger partial charge in [0.15, 0.2) is 0 Å². The molecule has 12 heavy (non-hydrogen) atoms. The van der Waals surface area contributed by atoms with E-state index in [2.05, 4.69) is 4.90 Å². The van der Waals surface area contributed by atoms with Crippen LogP contribution in [0, 0.1) is 0 Å². The Labute approximate surface area is 73.7 Å². The van der Waals surface area contributed by atoms with Crippen molar-refractivity contribution in [2.75, 3.05) is 19.8 Å². The Morgan fingerprint density at radius 1 is 1.33 bits per heavy atom. The Morgan fingerprint density at radius 2 is 2.00 bits per heavy atom. The van der Waals surface area contributed by atoms with Gasteiger partial charge in [0, 0.05) is 19.5 Å². The van der Waals surface area contributed by atoms with Crippen molar-refractivity contribution in [2.24, 2.45) is 0 Å². The van der Waals surface area contributed by atoms with Crippen LogP contribution in [0.1, 0.15) is 32.6 Å². The molecule has 1 aliphatic heterocycles. The molecule has 0 amide bonds. The van der Waals surface area contributed by atoms with Gasteiger partial charge in [-0.15, -0.1) is 0 Å². The number of ether oxygens (including phenoxy) is 1. The average molecular weight is 171 g/mol. The molecule has 1 rings (SSSR count). The molecule has 3 nitrogen and oxygen atoms in total. The van der Waals surface area contributed by atoms with Crippen molar-refractivity contribution in [2.45, 2.75) is 32.6 Å². The van der Waals surface area contributed by atoms with E-state index in [-0.39, 0.29) is 5.97 Å². The second-order valence-electron chi connectivity index (χ2n) is 3.18. The molecule has 0 aromatic rings. The minimum atomic E-state index is -0.0967. The van der Waals surface area contributed by atoms with E-state index >= 15 is 0 Å². The third-order valence-corrected chi connectivity index (χ3v) is 2.15. The normalized spacial score (nSPS) is 19.1. The van der Waals surface area contributed by atoms with E-state index in [1.165, 1.54) is 19.3 Å². The molecular formula is C9H17NO2. The van der Waals surface area contributed by atoms with Crippen molar-refractivity contribution in [1.82, 2.24) is 4.90 Å². The van der Waals surface area contributed by atoms with E-state index in [0.717, 1.165) is 13.1 Å². The molecule has 0 aromatic carbocycles. The first-order valence-electron chi connectivity index (χ1n) is 4.71. The van der Waals surface area contributed by atoms with Crippen molar-refractivity contribution in [3.8, 4) is 0 Å². The number of hydrogen-bond acceptors (Lipinski definition) is 3. The van der Waals surface area contributed by atoms with Crippen LogP contribution < -0.4 is 0 Å². The number of nitrogens with zero attached hydrogens (tertiary/aromatic N) is 1. The van der Waals surface area contributed by atoms with Gasteiger partial charge in [-0.05, 0) is 12.8 Å². The number of carbonyl (C=O) groups excluding carboxylic acids is 1. The van der Waals surface area contributed by atoms with E-state index in [1.807, 2.05) is 6.92 Å². The van der Waals surface area contributed by atoms with E-state index in [1.54, 1.807) is 0 Å². The summed E-state index contributed by atoms with van der Waals surface area (Å²) in [5.74, 6) is -0.0967. The largest absolute Gasteiger partial charge is 0.449 e. The van der Waals surface area contributed by atoms with Crippen molar-refractivity contribution in [1.29, 1.82) is 0 Å². The molecule has 0 aliphatic carbocycles. The lowest BCUT2D eigenvalue weighted by atomic mass is 10.1. The zero-order chi connectivity index (χ0) is 8.81. The second kappa shape index (κ2) is 5.14. The Bertz CT molecular complexity index is 141. The zero-order valence-electron chi connectivity index (χ0n) is 7.71. The smallest absolute Gasteiger partial charge is 0.306 e. The van der Waals surface area contributed by atoms with Crippen molar-refractivity contribution in [3.63, 3.8) is 0 Å². The van der Waals surface area contributed by atoms with Gasteiger partial charge in [-0.1, -0.05) is 13.3 Å². The Balaban J connectivity index is 2.09. The number of carbonyl (C=O) groups is 1. The average Bonchev–Trinajstić information content (AvgIpc) is 2.16. The van der Waals surface area contributed by atoms with Crippen LogP contribution in [0.3, 0.4) is 0 Å². The van der Waals surface area contributed by atoms with E-state index < -0.39 is 0 Å². The van der Waals surface area contributed by atoms with E-state index in [9.17, 15) is 4.79 Å².